The second kappa shape index (κ2) is 5.72. The van der Waals surface area contributed by atoms with Crippen LogP contribution in [0.1, 0.15) is 5.69 Å². The van der Waals surface area contributed by atoms with Gasteiger partial charge in [0.25, 0.3) is 0 Å². The normalized spacial score (nSPS) is 16.0. The minimum Gasteiger partial charge on any atom is -0.368 e. The summed E-state index contributed by atoms with van der Waals surface area (Å²) < 4.78 is 7.69. The van der Waals surface area contributed by atoms with Crippen LogP contribution < -0.4 is 4.90 Å². The SMILES string of the molecule is COC1(c2ccnn2C)CN(c2ccnc(-c3ccccc3)n2)C1. The average molecular weight is 321 g/mol. The fourth-order valence-corrected chi connectivity index (χ4v) is 3.20. The first kappa shape index (κ1) is 14.8. The van der Waals surface area contributed by atoms with Crippen LogP contribution in [0.5, 0.6) is 0 Å². The molecule has 0 amide bonds. The van der Waals surface area contributed by atoms with Crippen LogP contribution in [0.2, 0.25) is 0 Å². The number of aromatic nitrogens is 4. The average Bonchev–Trinajstić information content (AvgIpc) is 3.02. The molecule has 0 unspecified atom stereocenters. The second-order valence-electron chi connectivity index (χ2n) is 6.00. The molecule has 1 fully saturated rings. The summed E-state index contributed by atoms with van der Waals surface area (Å²) in [6, 6.07) is 14.0. The number of nitrogens with zero attached hydrogens (tertiary/aromatic N) is 5. The lowest BCUT2D eigenvalue weighted by Crippen LogP contribution is -2.61. The van der Waals surface area contributed by atoms with Gasteiger partial charge in [0.05, 0.1) is 18.8 Å². The largest absolute Gasteiger partial charge is 0.368 e. The van der Waals surface area contributed by atoms with Gasteiger partial charge in [0.2, 0.25) is 0 Å². The van der Waals surface area contributed by atoms with Crippen LogP contribution in [0.3, 0.4) is 0 Å². The number of hydrogen-bond acceptors (Lipinski definition) is 5. The standard InChI is InChI=1S/C18H19N5O/c1-22-15(8-11-20-22)18(24-2)12-23(13-18)16-9-10-19-17(21-16)14-6-4-3-5-7-14/h3-11H,12-13H2,1-2H3. The summed E-state index contributed by atoms with van der Waals surface area (Å²) in [5.74, 6) is 1.65. The molecule has 1 saturated heterocycles. The van der Waals surface area contributed by atoms with Crippen molar-refractivity contribution in [3.63, 3.8) is 0 Å². The Morgan fingerprint density at radius 2 is 1.83 bits per heavy atom. The van der Waals surface area contributed by atoms with E-state index in [1.807, 2.05) is 60.4 Å². The minimum absolute atomic E-state index is 0.330. The summed E-state index contributed by atoms with van der Waals surface area (Å²) in [6.45, 7) is 1.49. The first-order valence-electron chi connectivity index (χ1n) is 7.89. The van der Waals surface area contributed by atoms with Gasteiger partial charge in [-0.25, -0.2) is 9.97 Å². The molecule has 1 aromatic carbocycles. The van der Waals surface area contributed by atoms with Crippen LogP contribution in [0, 0.1) is 0 Å². The maximum absolute atomic E-state index is 5.82. The molecule has 0 saturated carbocycles. The van der Waals surface area contributed by atoms with Crippen molar-refractivity contribution < 1.29 is 4.74 Å². The number of aryl methyl sites for hydroxylation is 1. The molecule has 3 aromatic rings. The number of benzene rings is 1. The topological polar surface area (TPSA) is 56.1 Å². The van der Waals surface area contributed by atoms with E-state index in [-0.39, 0.29) is 5.60 Å². The molecule has 1 aliphatic heterocycles. The zero-order valence-electron chi connectivity index (χ0n) is 13.8. The number of hydrogen-bond donors (Lipinski definition) is 0. The molecule has 0 atom stereocenters. The molecule has 2 aromatic heterocycles. The Hall–Kier alpha value is -2.73. The third-order valence-corrected chi connectivity index (χ3v) is 4.57. The van der Waals surface area contributed by atoms with Gasteiger partial charge in [-0.15, -0.1) is 0 Å². The lowest BCUT2D eigenvalue weighted by molar-refractivity contribution is -0.0447. The van der Waals surface area contributed by atoms with E-state index >= 15 is 0 Å². The van der Waals surface area contributed by atoms with Crippen LogP contribution in [-0.4, -0.2) is 39.9 Å². The zero-order valence-corrected chi connectivity index (χ0v) is 13.8. The molecule has 4 rings (SSSR count). The van der Waals surface area contributed by atoms with Gasteiger partial charge in [-0.3, -0.25) is 4.68 Å². The summed E-state index contributed by atoms with van der Waals surface area (Å²) in [5, 5.41) is 4.26. The van der Waals surface area contributed by atoms with E-state index in [9.17, 15) is 0 Å². The molecule has 122 valence electrons. The quantitative estimate of drug-likeness (QED) is 0.737. The number of methoxy groups -OCH3 is 1. The van der Waals surface area contributed by atoms with Crippen LogP contribution in [0.25, 0.3) is 11.4 Å². The van der Waals surface area contributed by atoms with Gasteiger partial charge < -0.3 is 9.64 Å². The zero-order chi connectivity index (χ0) is 16.6. The molecule has 1 aliphatic rings. The molecular formula is C18H19N5O. The molecule has 0 N–H and O–H groups in total. The highest BCUT2D eigenvalue weighted by molar-refractivity contribution is 5.58. The lowest BCUT2D eigenvalue weighted by Gasteiger charge is -2.49. The van der Waals surface area contributed by atoms with Gasteiger partial charge in [0.15, 0.2) is 5.82 Å². The molecule has 0 bridgehead atoms. The maximum Gasteiger partial charge on any atom is 0.161 e. The minimum atomic E-state index is -0.330. The number of anilines is 1. The molecule has 6 heteroatoms. The fourth-order valence-electron chi connectivity index (χ4n) is 3.20. The van der Waals surface area contributed by atoms with Crippen molar-refractivity contribution in [3.8, 4) is 11.4 Å². The van der Waals surface area contributed by atoms with E-state index in [1.165, 1.54) is 0 Å². The van der Waals surface area contributed by atoms with Crippen LogP contribution in [-0.2, 0) is 17.4 Å². The van der Waals surface area contributed by atoms with Crippen molar-refractivity contribution in [3.05, 3.63) is 60.6 Å². The molecular weight excluding hydrogens is 302 g/mol. The van der Waals surface area contributed by atoms with E-state index in [0.29, 0.717) is 0 Å². The molecule has 3 heterocycles. The molecule has 6 nitrogen and oxygen atoms in total. The van der Waals surface area contributed by atoms with E-state index < -0.39 is 0 Å². The monoisotopic (exact) mass is 321 g/mol. The van der Waals surface area contributed by atoms with E-state index in [0.717, 1.165) is 36.0 Å². The summed E-state index contributed by atoms with van der Waals surface area (Å²) in [6.07, 6.45) is 3.61. The first-order chi connectivity index (χ1) is 11.7. The third-order valence-electron chi connectivity index (χ3n) is 4.57. The predicted octanol–water partition coefficient (Wildman–Crippen LogP) is 2.24. The third kappa shape index (κ3) is 2.35. The Bertz CT molecular complexity index is 839. The smallest absolute Gasteiger partial charge is 0.161 e. The predicted molar refractivity (Wildman–Crippen MR) is 91.6 cm³/mol. The Balaban J connectivity index is 1.58. The molecule has 24 heavy (non-hydrogen) atoms. The Labute approximate surface area is 140 Å². The lowest BCUT2D eigenvalue weighted by atomic mass is 9.90. The molecule has 0 radical (unpaired) electrons. The summed E-state index contributed by atoms with van der Waals surface area (Å²) >= 11 is 0. The van der Waals surface area contributed by atoms with Crippen molar-refractivity contribution in [2.45, 2.75) is 5.60 Å². The second-order valence-corrected chi connectivity index (χ2v) is 6.00. The summed E-state index contributed by atoms with van der Waals surface area (Å²) in [5.41, 5.74) is 1.77. The number of ether oxygens (including phenoxy) is 1. The van der Waals surface area contributed by atoms with Crippen molar-refractivity contribution in [2.24, 2.45) is 7.05 Å². The Morgan fingerprint density at radius 1 is 1.04 bits per heavy atom. The number of rotatable bonds is 4. The highest BCUT2D eigenvalue weighted by Crippen LogP contribution is 2.37. The first-order valence-corrected chi connectivity index (χ1v) is 7.89. The van der Waals surface area contributed by atoms with Gasteiger partial charge in [0, 0.05) is 32.1 Å². The summed E-state index contributed by atoms with van der Waals surface area (Å²) in [7, 11) is 3.69. The highest BCUT2D eigenvalue weighted by atomic mass is 16.5. The van der Waals surface area contributed by atoms with E-state index in [2.05, 4.69) is 15.0 Å². The van der Waals surface area contributed by atoms with Gasteiger partial charge in [-0.2, -0.15) is 5.10 Å². The maximum atomic E-state index is 5.82. The fraction of sp³-hybridized carbons (Fsp3) is 0.278. The Kier molecular flexibility index (Phi) is 3.54. The van der Waals surface area contributed by atoms with Gasteiger partial charge in [-0.1, -0.05) is 30.3 Å². The summed E-state index contributed by atoms with van der Waals surface area (Å²) in [4.78, 5) is 11.3. The van der Waals surface area contributed by atoms with Crippen molar-refractivity contribution >= 4 is 5.82 Å². The van der Waals surface area contributed by atoms with Crippen molar-refractivity contribution in [2.75, 3.05) is 25.1 Å². The Morgan fingerprint density at radius 3 is 2.50 bits per heavy atom. The molecule has 0 spiro atoms. The van der Waals surface area contributed by atoms with Gasteiger partial charge in [0.1, 0.15) is 11.4 Å². The van der Waals surface area contributed by atoms with Crippen LogP contribution >= 0.6 is 0 Å². The van der Waals surface area contributed by atoms with Gasteiger partial charge in [-0.05, 0) is 12.1 Å². The van der Waals surface area contributed by atoms with E-state index in [4.69, 9.17) is 9.72 Å². The van der Waals surface area contributed by atoms with Gasteiger partial charge >= 0.3 is 0 Å². The van der Waals surface area contributed by atoms with Crippen molar-refractivity contribution in [1.29, 1.82) is 0 Å². The van der Waals surface area contributed by atoms with Crippen LogP contribution in [0.4, 0.5) is 5.82 Å². The van der Waals surface area contributed by atoms with E-state index in [1.54, 1.807) is 13.3 Å². The van der Waals surface area contributed by atoms with Crippen molar-refractivity contribution in [1.82, 2.24) is 19.7 Å². The van der Waals surface area contributed by atoms with Crippen LogP contribution in [0.15, 0.2) is 54.9 Å². The highest BCUT2D eigenvalue weighted by Gasteiger charge is 2.47. The molecule has 0 aliphatic carbocycles.